The SMILES string of the molecule is C[C@H](CO)N1C[C@H](C)[C@@H](CN(C)CC2CC2)Oc2c(NC(=O)Nc3ccccc3)cccc2C1=O. The van der Waals surface area contributed by atoms with E-state index in [0.717, 1.165) is 12.5 Å². The van der Waals surface area contributed by atoms with Gasteiger partial charge < -0.3 is 30.3 Å². The Kier molecular flexibility index (Phi) is 7.93. The number of ether oxygens (including phenoxy) is 1. The summed E-state index contributed by atoms with van der Waals surface area (Å²) in [6.45, 7) is 6.00. The van der Waals surface area contributed by atoms with E-state index in [-0.39, 0.29) is 30.6 Å². The average molecular weight is 481 g/mol. The van der Waals surface area contributed by atoms with Gasteiger partial charge in [-0.3, -0.25) is 4.79 Å². The first kappa shape index (κ1) is 25.0. The van der Waals surface area contributed by atoms with E-state index >= 15 is 0 Å². The number of fused-ring (bicyclic) bond motifs is 1. The van der Waals surface area contributed by atoms with Gasteiger partial charge in [0, 0.05) is 31.2 Å². The number of benzene rings is 2. The number of rotatable bonds is 8. The van der Waals surface area contributed by atoms with Crippen LogP contribution in [0.3, 0.4) is 0 Å². The van der Waals surface area contributed by atoms with E-state index in [0.29, 0.717) is 35.8 Å². The Morgan fingerprint density at radius 1 is 1.14 bits per heavy atom. The van der Waals surface area contributed by atoms with Crippen molar-refractivity contribution < 1.29 is 19.4 Å². The average Bonchev–Trinajstić information content (AvgIpc) is 3.65. The molecule has 2 aromatic carbocycles. The van der Waals surface area contributed by atoms with Gasteiger partial charge in [0.25, 0.3) is 5.91 Å². The summed E-state index contributed by atoms with van der Waals surface area (Å²) in [5.41, 5.74) is 1.48. The molecule has 3 N–H and O–H groups in total. The Labute approximate surface area is 207 Å². The molecule has 0 saturated heterocycles. The minimum atomic E-state index is -0.418. The fourth-order valence-electron chi connectivity index (χ4n) is 4.49. The highest BCUT2D eigenvalue weighted by Crippen LogP contribution is 2.35. The maximum Gasteiger partial charge on any atom is 0.323 e. The van der Waals surface area contributed by atoms with Crippen LogP contribution in [0, 0.1) is 11.8 Å². The highest BCUT2D eigenvalue weighted by molar-refractivity contribution is 6.04. The first-order valence-corrected chi connectivity index (χ1v) is 12.4. The minimum absolute atomic E-state index is 0.0222. The lowest BCUT2D eigenvalue weighted by Gasteiger charge is -2.38. The van der Waals surface area contributed by atoms with Crippen molar-refractivity contribution in [2.24, 2.45) is 11.8 Å². The van der Waals surface area contributed by atoms with Crippen LogP contribution in [0.1, 0.15) is 37.0 Å². The third-order valence-corrected chi connectivity index (χ3v) is 6.73. The molecule has 1 aliphatic carbocycles. The molecule has 4 rings (SSSR count). The molecule has 3 amide bonds. The Morgan fingerprint density at radius 2 is 1.89 bits per heavy atom. The van der Waals surface area contributed by atoms with Crippen molar-refractivity contribution >= 4 is 23.3 Å². The smallest absolute Gasteiger partial charge is 0.323 e. The van der Waals surface area contributed by atoms with Crippen LogP contribution < -0.4 is 15.4 Å². The van der Waals surface area contributed by atoms with Crippen LogP contribution in [0.4, 0.5) is 16.2 Å². The molecular formula is C27H36N4O4. The number of hydrogen-bond donors (Lipinski definition) is 3. The molecule has 1 saturated carbocycles. The lowest BCUT2D eigenvalue weighted by atomic mass is 9.99. The number of aliphatic hydroxyl groups is 1. The van der Waals surface area contributed by atoms with Gasteiger partial charge in [-0.2, -0.15) is 0 Å². The lowest BCUT2D eigenvalue weighted by Crippen LogP contribution is -2.50. The molecule has 2 aliphatic rings. The summed E-state index contributed by atoms with van der Waals surface area (Å²) in [6, 6.07) is 13.6. The second kappa shape index (κ2) is 11.1. The number of nitrogens with one attached hydrogen (secondary N) is 2. The van der Waals surface area contributed by atoms with Gasteiger partial charge in [0.15, 0.2) is 5.75 Å². The summed E-state index contributed by atoms with van der Waals surface area (Å²) in [7, 11) is 2.10. The summed E-state index contributed by atoms with van der Waals surface area (Å²) in [6.07, 6.45) is 2.35. The van der Waals surface area contributed by atoms with Crippen molar-refractivity contribution in [1.29, 1.82) is 0 Å². The first-order chi connectivity index (χ1) is 16.9. The molecule has 188 valence electrons. The number of para-hydroxylation sites is 2. The van der Waals surface area contributed by atoms with Crippen molar-refractivity contribution in [2.75, 3.05) is 43.9 Å². The third-order valence-electron chi connectivity index (χ3n) is 6.73. The molecule has 8 heteroatoms. The Bertz CT molecular complexity index is 1030. The summed E-state index contributed by atoms with van der Waals surface area (Å²) in [4.78, 5) is 30.3. The molecule has 1 heterocycles. The second-order valence-corrected chi connectivity index (χ2v) is 9.91. The zero-order valence-electron chi connectivity index (χ0n) is 20.7. The molecule has 3 atom stereocenters. The minimum Gasteiger partial charge on any atom is -0.486 e. The van der Waals surface area contributed by atoms with Gasteiger partial charge in [-0.05, 0) is 57.0 Å². The number of likely N-dealkylation sites (N-methyl/N-ethyl adjacent to an activating group) is 1. The molecule has 0 aromatic heterocycles. The van der Waals surface area contributed by atoms with Crippen LogP contribution in [0.5, 0.6) is 5.75 Å². The van der Waals surface area contributed by atoms with Crippen LogP contribution in [-0.2, 0) is 0 Å². The number of aliphatic hydroxyl groups excluding tert-OH is 1. The molecule has 0 radical (unpaired) electrons. The summed E-state index contributed by atoms with van der Waals surface area (Å²) in [5, 5.41) is 15.5. The van der Waals surface area contributed by atoms with Crippen LogP contribution >= 0.6 is 0 Å². The normalized spacial score (nSPS) is 20.9. The van der Waals surface area contributed by atoms with Gasteiger partial charge in [-0.25, -0.2) is 4.79 Å². The summed E-state index contributed by atoms with van der Waals surface area (Å²) < 4.78 is 6.54. The van der Waals surface area contributed by atoms with Crippen LogP contribution in [0.2, 0.25) is 0 Å². The van der Waals surface area contributed by atoms with Gasteiger partial charge >= 0.3 is 6.03 Å². The molecule has 2 aromatic rings. The van der Waals surface area contributed by atoms with Gasteiger partial charge in [0.2, 0.25) is 0 Å². The lowest BCUT2D eigenvalue weighted by molar-refractivity contribution is 0.0346. The van der Waals surface area contributed by atoms with Crippen LogP contribution in [0.15, 0.2) is 48.5 Å². The van der Waals surface area contributed by atoms with E-state index in [9.17, 15) is 14.7 Å². The Hall–Kier alpha value is -3.10. The first-order valence-electron chi connectivity index (χ1n) is 12.4. The predicted octanol–water partition coefficient (Wildman–Crippen LogP) is 3.89. The summed E-state index contributed by atoms with van der Waals surface area (Å²) >= 11 is 0. The van der Waals surface area contributed by atoms with E-state index in [1.54, 1.807) is 35.2 Å². The fraction of sp³-hybridized carbons (Fsp3) is 0.481. The Morgan fingerprint density at radius 3 is 2.57 bits per heavy atom. The van der Waals surface area contributed by atoms with E-state index in [2.05, 4.69) is 29.5 Å². The second-order valence-electron chi connectivity index (χ2n) is 9.91. The molecule has 1 fully saturated rings. The highest BCUT2D eigenvalue weighted by atomic mass is 16.5. The fourth-order valence-corrected chi connectivity index (χ4v) is 4.49. The zero-order valence-corrected chi connectivity index (χ0v) is 20.7. The van der Waals surface area contributed by atoms with Gasteiger partial charge in [-0.15, -0.1) is 0 Å². The standard InChI is InChI=1S/C27H36N4O4/c1-18-14-31(19(2)17-32)26(33)22-10-7-11-23(29-27(34)28-21-8-5-4-6-9-21)25(22)35-24(18)16-30(3)15-20-12-13-20/h4-11,18-20,24,32H,12-17H2,1-3H3,(H2,28,29,34)/t18-,19+,24+/m0/s1. The number of anilines is 2. The van der Waals surface area contributed by atoms with Gasteiger partial charge in [0.1, 0.15) is 6.10 Å². The van der Waals surface area contributed by atoms with Crippen molar-refractivity contribution in [3.63, 3.8) is 0 Å². The topological polar surface area (TPSA) is 94.1 Å². The highest BCUT2D eigenvalue weighted by Gasteiger charge is 2.35. The molecule has 35 heavy (non-hydrogen) atoms. The van der Waals surface area contributed by atoms with Crippen LogP contribution in [0.25, 0.3) is 0 Å². The molecular weight excluding hydrogens is 444 g/mol. The van der Waals surface area contributed by atoms with Crippen molar-refractivity contribution in [1.82, 2.24) is 9.80 Å². The van der Waals surface area contributed by atoms with Crippen molar-refractivity contribution in [2.45, 2.75) is 38.8 Å². The van der Waals surface area contributed by atoms with E-state index < -0.39 is 6.03 Å². The number of urea groups is 1. The molecule has 0 unspecified atom stereocenters. The maximum atomic E-state index is 13.5. The predicted molar refractivity (Wildman–Crippen MR) is 137 cm³/mol. The van der Waals surface area contributed by atoms with E-state index in [4.69, 9.17) is 4.74 Å². The van der Waals surface area contributed by atoms with Gasteiger partial charge in [-0.1, -0.05) is 31.2 Å². The van der Waals surface area contributed by atoms with E-state index in [1.165, 1.54) is 12.8 Å². The zero-order chi connectivity index (χ0) is 24.9. The molecule has 0 bridgehead atoms. The number of carbonyl (C=O) groups excluding carboxylic acids is 2. The molecule has 0 spiro atoms. The third kappa shape index (κ3) is 6.32. The van der Waals surface area contributed by atoms with E-state index in [1.807, 2.05) is 25.1 Å². The van der Waals surface area contributed by atoms with Crippen LogP contribution in [-0.4, -0.2) is 72.3 Å². The molecule has 1 aliphatic heterocycles. The van der Waals surface area contributed by atoms with Crippen molar-refractivity contribution in [3.8, 4) is 5.75 Å². The summed E-state index contributed by atoms with van der Waals surface area (Å²) in [5.74, 6) is 0.925. The Balaban J connectivity index is 1.63. The number of hydrogen-bond acceptors (Lipinski definition) is 5. The van der Waals surface area contributed by atoms with Crippen molar-refractivity contribution in [3.05, 3.63) is 54.1 Å². The largest absolute Gasteiger partial charge is 0.486 e. The number of nitrogens with zero attached hydrogens (tertiary/aromatic N) is 2. The number of amides is 3. The van der Waals surface area contributed by atoms with Gasteiger partial charge in [0.05, 0.1) is 23.9 Å². The maximum absolute atomic E-state index is 13.5. The quantitative estimate of drug-likeness (QED) is 0.533. The monoisotopic (exact) mass is 480 g/mol. The molecule has 8 nitrogen and oxygen atoms in total. The number of carbonyl (C=O) groups is 2.